The lowest BCUT2D eigenvalue weighted by atomic mass is 10.0. The molecule has 0 radical (unpaired) electrons. The van der Waals surface area contributed by atoms with E-state index in [1.165, 1.54) is 24.1 Å². The molecule has 0 aliphatic carbocycles. The van der Waals surface area contributed by atoms with E-state index in [4.69, 9.17) is 0 Å². The highest BCUT2D eigenvalue weighted by molar-refractivity contribution is 6.29. The van der Waals surface area contributed by atoms with Crippen LogP contribution in [0.25, 0.3) is 5.57 Å². The molecule has 1 amide bonds. The molecule has 3 rings (SSSR count). The minimum atomic E-state index is -4.45. The molecule has 0 saturated heterocycles. The first-order chi connectivity index (χ1) is 11.8. The maximum absolute atomic E-state index is 12.8. The molecule has 2 aromatic carbocycles. The van der Waals surface area contributed by atoms with Crippen LogP contribution in [0.2, 0.25) is 0 Å². The van der Waals surface area contributed by atoms with Crippen LogP contribution in [-0.2, 0) is 11.0 Å². The van der Waals surface area contributed by atoms with Crippen molar-refractivity contribution in [2.75, 3.05) is 18.5 Å². The number of carbonyl (C=O) groups excluding carboxylic acids is 1. The van der Waals surface area contributed by atoms with Gasteiger partial charge in [0.25, 0.3) is 5.91 Å². The molecule has 0 aromatic heterocycles. The van der Waals surface area contributed by atoms with Crippen LogP contribution in [0.3, 0.4) is 0 Å². The number of hydroxylamine groups is 2. The fourth-order valence-corrected chi connectivity index (χ4v) is 2.76. The summed E-state index contributed by atoms with van der Waals surface area (Å²) in [5.41, 5.74) is 0.693. The molecule has 4 nitrogen and oxygen atoms in total. The van der Waals surface area contributed by atoms with Gasteiger partial charge >= 0.3 is 6.18 Å². The molecule has 7 heteroatoms. The van der Waals surface area contributed by atoms with E-state index in [1.54, 1.807) is 24.3 Å². The number of benzene rings is 2. The van der Waals surface area contributed by atoms with Crippen molar-refractivity contribution in [2.45, 2.75) is 6.18 Å². The van der Waals surface area contributed by atoms with E-state index in [2.05, 4.69) is 0 Å². The van der Waals surface area contributed by atoms with Gasteiger partial charge < -0.3 is 4.90 Å². The van der Waals surface area contributed by atoms with Crippen LogP contribution in [0.15, 0.2) is 60.3 Å². The second-order valence-corrected chi connectivity index (χ2v) is 5.65. The Morgan fingerprint density at radius 2 is 1.64 bits per heavy atom. The fraction of sp³-hybridized carbons (Fsp3) is 0.167. The van der Waals surface area contributed by atoms with E-state index >= 15 is 0 Å². The average Bonchev–Trinajstić information content (AvgIpc) is 2.92. The predicted molar refractivity (Wildman–Crippen MR) is 86.7 cm³/mol. The fourth-order valence-electron chi connectivity index (χ4n) is 2.76. The number of halogens is 3. The van der Waals surface area contributed by atoms with Crippen molar-refractivity contribution >= 4 is 17.2 Å². The standard InChI is InChI=1S/C18H15F3N2O2/c1-22(25)15-11-23(14-5-3-2-4-6-14)17(24)16(15)12-7-9-13(10-8-12)18(19,20)21/h2-10,25H,11H2,1H3. The average molecular weight is 348 g/mol. The molecule has 1 aliphatic heterocycles. The lowest BCUT2D eigenvalue weighted by Crippen LogP contribution is -2.27. The Morgan fingerprint density at radius 3 is 2.16 bits per heavy atom. The minimum absolute atomic E-state index is 0.131. The summed E-state index contributed by atoms with van der Waals surface area (Å²) in [4.78, 5) is 14.3. The van der Waals surface area contributed by atoms with E-state index in [1.807, 2.05) is 6.07 Å². The molecule has 130 valence electrons. The second-order valence-electron chi connectivity index (χ2n) is 5.65. The minimum Gasteiger partial charge on any atom is -0.302 e. The Bertz CT molecular complexity index is 812. The van der Waals surface area contributed by atoms with Crippen molar-refractivity contribution in [2.24, 2.45) is 0 Å². The largest absolute Gasteiger partial charge is 0.416 e. The number of alkyl halides is 3. The predicted octanol–water partition coefficient (Wildman–Crippen LogP) is 3.78. The number of rotatable bonds is 3. The Hall–Kier alpha value is -2.80. The molecule has 1 heterocycles. The highest BCUT2D eigenvalue weighted by Crippen LogP contribution is 2.35. The van der Waals surface area contributed by atoms with Crippen molar-refractivity contribution in [1.29, 1.82) is 0 Å². The number of nitrogens with zero attached hydrogens (tertiary/aromatic N) is 2. The molecule has 1 aliphatic rings. The summed E-state index contributed by atoms with van der Waals surface area (Å²) >= 11 is 0. The first-order valence-electron chi connectivity index (χ1n) is 7.49. The summed E-state index contributed by atoms with van der Waals surface area (Å²) in [6.45, 7) is 0.131. The summed E-state index contributed by atoms with van der Waals surface area (Å²) in [5, 5.41) is 10.7. The molecule has 0 atom stereocenters. The third kappa shape index (κ3) is 3.23. The van der Waals surface area contributed by atoms with Gasteiger partial charge in [-0.05, 0) is 29.8 Å². The first-order valence-corrected chi connectivity index (χ1v) is 7.49. The summed E-state index contributed by atoms with van der Waals surface area (Å²) in [5.74, 6) is -0.373. The van der Waals surface area contributed by atoms with Crippen molar-refractivity contribution in [3.05, 3.63) is 71.4 Å². The molecule has 25 heavy (non-hydrogen) atoms. The van der Waals surface area contributed by atoms with Crippen LogP contribution in [0.1, 0.15) is 11.1 Å². The maximum atomic E-state index is 12.8. The number of likely N-dealkylation sites (N-methyl/N-ethyl adjacent to an activating group) is 1. The van der Waals surface area contributed by atoms with Gasteiger partial charge in [0, 0.05) is 12.7 Å². The molecule has 0 fully saturated rings. The normalized spacial score (nSPS) is 15.1. The van der Waals surface area contributed by atoms with Gasteiger partial charge in [0.1, 0.15) is 0 Å². The Balaban J connectivity index is 2.00. The molecular formula is C18H15F3N2O2. The number of para-hydroxylation sites is 1. The molecule has 0 spiro atoms. The van der Waals surface area contributed by atoms with Gasteiger partial charge in [-0.15, -0.1) is 0 Å². The molecule has 1 N–H and O–H groups in total. The zero-order chi connectivity index (χ0) is 18.2. The quantitative estimate of drug-likeness (QED) is 0.859. The lowest BCUT2D eigenvalue weighted by molar-refractivity contribution is -0.137. The first kappa shape index (κ1) is 17.0. The smallest absolute Gasteiger partial charge is 0.302 e. The van der Waals surface area contributed by atoms with E-state index in [-0.39, 0.29) is 18.0 Å². The Morgan fingerprint density at radius 1 is 1.04 bits per heavy atom. The third-order valence-corrected chi connectivity index (χ3v) is 4.01. The molecule has 2 aromatic rings. The van der Waals surface area contributed by atoms with Crippen LogP contribution >= 0.6 is 0 Å². The van der Waals surface area contributed by atoms with Crippen LogP contribution < -0.4 is 4.90 Å². The topological polar surface area (TPSA) is 43.8 Å². The summed E-state index contributed by atoms with van der Waals surface area (Å²) in [6, 6.07) is 13.2. The van der Waals surface area contributed by atoms with E-state index in [0.717, 1.165) is 17.2 Å². The number of carbonyl (C=O) groups is 1. The monoisotopic (exact) mass is 348 g/mol. The number of hydrogen-bond donors (Lipinski definition) is 1. The number of anilines is 1. The van der Waals surface area contributed by atoms with Crippen molar-refractivity contribution in [3.63, 3.8) is 0 Å². The van der Waals surface area contributed by atoms with Crippen molar-refractivity contribution in [1.82, 2.24) is 5.06 Å². The van der Waals surface area contributed by atoms with Gasteiger partial charge in [0.15, 0.2) is 0 Å². The number of amides is 1. The van der Waals surface area contributed by atoms with Crippen LogP contribution in [-0.4, -0.2) is 29.8 Å². The van der Waals surface area contributed by atoms with Crippen LogP contribution in [0.4, 0.5) is 18.9 Å². The van der Waals surface area contributed by atoms with E-state index in [9.17, 15) is 23.2 Å². The van der Waals surface area contributed by atoms with Crippen LogP contribution in [0, 0.1) is 0 Å². The van der Waals surface area contributed by atoms with Gasteiger partial charge in [-0.3, -0.25) is 15.1 Å². The van der Waals surface area contributed by atoms with Gasteiger partial charge in [-0.25, -0.2) is 0 Å². The van der Waals surface area contributed by atoms with Crippen LogP contribution in [0.5, 0.6) is 0 Å². The highest BCUT2D eigenvalue weighted by atomic mass is 19.4. The zero-order valence-electron chi connectivity index (χ0n) is 13.3. The zero-order valence-corrected chi connectivity index (χ0v) is 13.3. The van der Waals surface area contributed by atoms with Crippen molar-refractivity contribution < 1.29 is 23.2 Å². The molecule has 0 saturated carbocycles. The van der Waals surface area contributed by atoms with Gasteiger partial charge in [0.05, 0.1) is 23.4 Å². The number of hydrogen-bond acceptors (Lipinski definition) is 3. The Labute approximate surface area is 142 Å². The Kier molecular flexibility index (Phi) is 4.26. The highest BCUT2D eigenvalue weighted by Gasteiger charge is 2.35. The molecule has 0 bridgehead atoms. The third-order valence-electron chi connectivity index (χ3n) is 4.01. The second kappa shape index (κ2) is 6.25. The van der Waals surface area contributed by atoms with E-state index < -0.39 is 11.7 Å². The molecule has 0 unspecified atom stereocenters. The summed E-state index contributed by atoms with van der Waals surface area (Å²) < 4.78 is 38.2. The van der Waals surface area contributed by atoms with Crippen molar-refractivity contribution in [3.8, 4) is 0 Å². The van der Waals surface area contributed by atoms with Gasteiger partial charge in [0.2, 0.25) is 0 Å². The maximum Gasteiger partial charge on any atom is 0.416 e. The van der Waals surface area contributed by atoms with Gasteiger partial charge in [-0.1, -0.05) is 30.3 Å². The van der Waals surface area contributed by atoms with Gasteiger partial charge in [-0.2, -0.15) is 13.2 Å². The molecular weight excluding hydrogens is 333 g/mol. The summed E-state index contributed by atoms with van der Waals surface area (Å²) in [7, 11) is 1.38. The van der Waals surface area contributed by atoms with E-state index in [0.29, 0.717) is 16.9 Å². The SMILES string of the molecule is CN(O)C1=C(c2ccc(C(F)(F)F)cc2)C(=O)N(c2ccccc2)C1. The summed E-state index contributed by atoms with van der Waals surface area (Å²) in [6.07, 6.45) is -4.45. The lowest BCUT2D eigenvalue weighted by Gasteiger charge is -2.18.